The second-order valence-corrected chi connectivity index (χ2v) is 6.29. The number of methoxy groups -OCH3 is 1. The van der Waals surface area contributed by atoms with Crippen molar-refractivity contribution in [2.24, 2.45) is 0 Å². The van der Waals surface area contributed by atoms with Crippen LogP contribution in [-0.4, -0.2) is 43.6 Å². The molecule has 2 aliphatic heterocycles. The summed E-state index contributed by atoms with van der Waals surface area (Å²) in [5.41, 5.74) is 2.09. The van der Waals surface area contributed by atoms with E-state index in [1.165, 1.54) is 5.56 Å². The van der Waals surface area contributed by atoms with Crippen LogP contribution >= 0.6 is 12.4 Å². The molecule has 6 nitrogen and oxygen atoms in total. The van der Waals surface area contributed by atoms with Crippen molar-refractivity contribution in [2.75, 3.05) is 33.4 Å². The van der Waals surface area contributed by atoms with Gasteiger partial charge < -0.3 is 19.3 Å². The first kappa shape index (κ1) is 17.2. The smallest absolute Gasteiger partial charge is 0.234 e. The first-order valence-electron chi connectivity index (χ1n) is 8.11. The molecule has 0 spiro atoms. The van der Waals surface area contributed by atoms with Crippen molar-refractivity contribution in [1.82, 2.24) is 15.5 Å². The monoisotopic (exact) mass is 351 g/mol. The van der Waals surface area contributed by atoms with Gasteiger partial charge in [-0.2, -0.15) is 4.98 Å². The fourth-order valence-corrected chi connectivity index (χ4v) is 3.43. The van der Waals surface area contributed by atoms with Crippen molar-refractivity contribution in [3.8, 4) is 17.1 Å². The molecule has 1 unspecified atom stereocenters. The third-order valence-electron chi connectivity index (χ3n) is 4.86. The van der Waals surface area contributed by atoms with Gasteiger partial charge in [0.25, 0.3) is 0 Å². The zero-order valence-corrected chi connectivity index (χ0v) is 14.5. The predicted molar refractivity (Wildman–Crippen MR) is 91.8 cm³/mol. The molecular formula is C17H22ClN3O3. The van der Waals surface area contributed by atoms with E-state index in [1.54, 1.807) is 7.11 Å². The zero-order chi connectivity index (χ0) is 15.7. The molecule has 2 aliphatic rings. The standard InChI is InChI=1S/C17H21N3O3.ClH/c1-21-9-6-17(5-7-18-11-17)16-19-15(20-23-16)13-2-3-14-12(10-13)4-8-22-14;/h2-3,10,18H,4-9,11H2,1H3;1H. The molecule has 1 aromatic carbocycles. The molecule has 130 valence electrons. The summed E-state index contributed by atoms with van der Waals surface area (Å²) < 4.78 is 16.4. The molecule has 0 amide bonds. The maximum atomic E-state index is 5.63. The van der Waals surface area contributed by atoms with Crippen molar-refractivity contribution in [3.05, 3.63) is 29.7 Å². The maximum Gasteiger partial charge on any atom is 0.234 e. The molecule has 0 aliphatic carbocycles. The van der Waals surface area contributed by atoms with Gasteiger partial charge in [-0.1, -0.05) is 5.16 Å². The normalized spacial score (nSPS) is 22.0. The van der Waals surface area contributed by atoms with Crippen LogP contribution in [0.2, 0.25) is 0 Å². The zero-order valence-electron chi connectivity index (χ0n) is 13.7. The fourth-order valence-electron chi connectivity index (χ4n) is 3.43. The SMILES string of the molecule is COCCC1(c2nc(-c3ccc4c(c3)CCO4)no2)CCNC1.Cl. The summed E-state index contributed by atoms with van der Waals surface area (Å²) >= 11 is 0. The second-order valence-electron chi connectivity index (χ2n) is 6.29. The number of benzene rings is 1. The Morgan fingerprint density at radius 3 is 3.08 bits per heavy atom. The van der Waals surface area contributed by atoms with Crippen molar-refractivity contribution >= 4 is 12.4 Å². The Balaban J connectivity index is 0.00000169. The number of halogens is 1. The molecule has 1 fully saturated rings. The molecular weight excluding hydrogens is 330 g/mol. The molecule has 0 saturated carbocycles. The van der Waals surface area contributed by atoms with E-state index in [9.17, 15) is 0 Å². The third-order valence-corrected chi connectivity index (χ3v) is 4.86. The number of fused-ring (bicyclic) bond motifs is 1. The Kier molecular flexibility index (Phi) is 5.08. The highest BCUT2D eigenvalue weighted by molar-refractivity contribution is 5.85. The van der Waals surface area contributed by atoms with E-state index in [0.29, 0.717) is 18.3 Å². The molecule has 1 N–H and O–H groups in total. The van der Waals surface area contributed by atoms with Crippen LogP contribution in [0.4, 0.5) is 0 Å². The lowest BCUT2D eigenvalue weighted by atomic mass is 9.83. The van der Waals surface area contributed by atoms with E-state index in [-0.39, 0.29) is 17.8 Å². The van der Waals surface area contributed by atoms with Crippen LogP contribution in [0, 0.1) is 0 Å². The average molecular weight is 352 g/mol. The van der Waals surface area contributed by atoms with Gasteiger partial charge in [0.1, 0.15) is 5.75 Å². The van der Waals surface area contributed by atoms with E-state index in [1.807, 2.05) is 12.1 Å². The Labute approximate surface area is 147 Å². The van der Waals surface area contributed by atoms with Gasteiger partial charge in [0.15, 0.2) is 0 Å². The summed E-state index contributed by atoms with van der Waals surface area (Å²) in [7, 11) is 1.72. The molecule has 7 heteroatoms. The highest BCUT2D eigenvalue weighted by Gasteiger charge is 2.40. The number of hydrogen-bond acceptors (Lipinski definition) is 6. The van der Waals surface area contributed by atoms with E-state index in [0.717, 1.165) is 50.3 Å². The Hall–Kier alpha value is -1.63. The number of ether oxygens (including phenoxy) is 2. The molecule has 24 heavy (non-hydrogen) atoms. The Morgan fingerprint density at radius 1 is 1.38 bits per heavy atom. The quantitative estimate of drug-likeness (QED) is 0.891. The molecule has 0 radical (unpaired) electrons. The van der Waals surface area contributed by atoms with Gasteiger partial charge in [0.2, 0.25) is 11.7 Å². The van der Waals surface area contributed by atoms with Gasteiger partial charge in [0.05, 0.1) is 12.0 Å². The fraction of sp³-hybridized carbons (Fsp3) is 0.529. The Bertz CT molecular complexity index is 698. The van der Waals surface area contributed by atoms with E-state index >= 15 is 0 Å². The van der Waals surface area contributed by atoms with E-state index in [2.05, 4.69) is 16.5 Å². The minimum Gasteiger partial charge on any atom is -0.493 e. The van der Waals surface area contributed by atoms with Gasteiger partial charge in [-0.25, -0.2) is 0 Å². The van der Waals surface area contributed by atoms with E-state index < -0.39 is 0 Å². The summed E-state index contributed by atoms with van der Waals surface area (Å²) in [6.07, 6.45) is 2.82. The van der Waals surface area contributed by atoms with Crippen LogP contribution in [0.3, 0.4) is 0 Å². The van der Waals surface area contributed by atoms with Gasteiger partial charge in [-0.15, -0.1) is 12.4 Å². The van der Waals surface area contributed by atoms with Crippen molar-refractivity contribution in [3.63, 3.8) is 0 Å². The number of nitrogens with zero attached hydrogens (tertiary/aromatic N) is 2. The molecule has 4 rings (SSSR count). The van der Waals surface area contributed by atoms with Crippen LogP contribution in [0.25, 0.3) is 11.4 Å². The van der Waals surface area contributed by atoms with Crippen LogP contribution in [0.15, 0.2) is 22.7 Å². The van der Waals surface area contributed by atoms with Crippen LogP contribution in [-0.2, 0) is 16.6 Å². The highest BCUT2D eigenvalue weighted by Crippen LogP contribution is 2.35. The summed E-state index contributed by atoms with van der Waals surface area (Å²) in [6.45, 7) is 3.27. The highest BCUT2D eigenvalue weighted by atomic mass is 35.5. The number of rotatable bonds is 5. The second kappa shape index (κ2) is 7.09. The largest absolute Gasteiger partial charge is 0.493 e. The molecule has 1 atom stereocenters. The lowest BCUT2D eigenvalue weighted by Crippen LogP contribution is -2.31. The van der Waals surface area contributed by atoms with Gasteiger partial charge in [-0.05, 0) is 43.1 Å². The number of hydrogen-bond donors (Lipinski definition) is 1. The number of aromatic nitrogens is 2. The van der Waals surface area contributed by atoms with E-state index in [4.69, 9.17) is 19.0 Å². The van der Waals surface area contributed by atoms with Crippen LogP contribution in [0.5, 0.6) is 5.75 Å². The van der Waals surface area contributed by atoms with Crippen LogP contribution in [0.1, 0.15) is 24.3 Å². The van der Waals surface area contributed by atoms with Crippen molar-refractivity contribution in [1.29, 1.82) is 0 Å². The molecule has 3 heterocycles. The third kappa shape index (κ3) is 3.01. The summed E-state index contributed by atoms with van der Waals surface area (Å²) in [6, 6.07) is 6.09. The first-order chi connectivity index (χ1) is 11.3. The molecule has 2 aromatic rings. The van der Waals surface area contributed by atoms with Crippen LogP contribution < -0.4 is 10.1 Å². The molecule has 0 bridgehead atoms. The summed E-state index contributed by atoms with van der Waals surface area (Å²) in [5.74, 6) is 2.33. The Morgan fingerprint density at radius 2 is 2.29 bits per heavy atom. The average Bonchev–Trinajstić information content (AvgIpc) is 3.31. The lowest BCUT2D eigenvalue weighted by Gasteiger charge is -2.22. The van der Waals surface area contributed by atoms with Gasteiger partial charge in [0, 0.05) is 32.2 Å². The topological polar surface area (TPSA) is 69.4 Å². The summed E-state index contributed by atoms with van der Waals surface area (Å²) in [5, 5.41) is 7.62. The minimum absolute atomic E-state index is 0. The first-order valence-corrected chi connectivity index (χ1v) is 8.11. The van der Waals surface area contributed by atoms with Gasteiger partial charge >= 0.3 is 0 Å². The van der Waals surface area contributed by atoms with Crippen molar-refractivity contribution in [2.45, 2.75) is 24.7 Å². The molecule has 1 saturated heterocycles. The lowest BCUT2D eigenvalue weighted by molar-refractivity contribution is 0.157. The minimum atomic E-state index is -0.110. The molecule has 1 aromatic heterocycles. The van der Waals surface area contributed by atoms with Crippen molar-refractivity contribution < 1.29 is 14.0 Å². The maximum absolute atomic E-state index is 5.63. The number of nitrogens with one attached hydrogen (secondary N) is 1. The summed E-state index contributed by atoms with van der Waals surface area (Å²) in [4.78, 5) is 4.70. The van der Waals surface area contributed by atoms with Gasteiger partial charge in [-0.3, -0.25) is 0 Å². The predicted octanol–water partition coefficient (Wildman–Crippen LogP) is 2.36.